The summed E-state index contributed by atoms with van der Waals surface area (Å²) in [4.78, 5) is 4.24. The van der Waals surface area contributed by atoms with Gasteiger partial charge in [-0.1, -0.05) is 6.92 Å². The molecule has 0 aliphatic carbocycles. The van der Waals surface area contributed by atoms with E-state index in [2.05, 4.69) is 16.4 Å². The highest BCUT2D eigenvalue weighted by atomic mass is 16.3. The van der Waals surface area contributed by atoms with Crippen LogP contribution in [-0.2, 0) is 0 Å². The van der Waals surface area contributed by atoms with Crippen LogP contribution in [0, 0.1) is 25.2 Å². The number of aliphatic hydroxyl groups is 1. The van der Waals surface area contributed by atoms with Crippen molar-refractivity contribution >= 4 is 5.69 Å². The smallest absolute Gasteiger partial charge is 0.103 e. The lowest BCUT2D eigenvalue weighted by Crippen LogP contribution is -2.23. The summed E-state index contributed by atoms with van der Waals surface area (Å²) >= 11 is 0. The number of aromatic nitrogens is 1. The van der Waals surface area contributed by atoms with Gasteiger partial charge in [0.15, 0.2) is 0 Å². The number of hydrogen-bond acceptors (Lipinski definition) is 4. The minimum Gasteiger partial charge on any atom is -0.394 e. The van der Waals surface area contributed by atoms with Gasteiger partial charge in [-0.2, -0.15) is 5.26 Å². The molecule has 0 amide bonds. The van der Waals surface area contributed by atoms with Crippen LogP contribution in [0.4, 0.5) is 5.69 Å². The lowest BCUT2D eigenvalue weighted by atomic mass is 10.1. The van der Waals surface area contributed by atoms with Crippen molar-refractivity contribution in [2.75, 3.05) is 11.9 Å². The van der Waals surface area contributed by atoms with Crippen LogP contribution < -0.4 is 5.32 Å². The molecule has 0 radical (unpaired) electrons. The molecule has 0 spiro atoms. The molecule has 0 fully saturated rings. The Morgan fingerprint density at radius 1 is 1.56 bits per heavy atom. The molecule has 0 aromatic carbocycles. The third kappa shape index (κ3) is 2.71. The minimum absolute atomic E-state index is 0.0201. The molecule has 0 unspecified atom stereocenters. The predicted molar refractivity (Wildman–Crippen MR) is 63.2 cm³/mol. The molecule has 0 bridgehead atoms. The van der Waals surface area contributed by atoms with Crippen molar-refractivity contribution in [1.29, 1.82) is 5.26 Å². The fourth-order valence-electron chi connectivity index (χ4n) is 1.58. The quantitative estimate of drug-likeness (QED) is 0.809. The Balaban J connectivity index is 3.07. The third-order valence-corrected chi connectivity index (χ3v) is 2.51. The van der Waals surface area contributed by atoms with Gasteiger partial charge in [0.25, 0.3) is 0 Å². The van der Waals surface area contributed by atoms with E-state index in [1.807, 2.05) is 26.8 Å². The standard InChI is InChI=1S/C12H17N3O/c1-4-10(7-16)15-12-5-8(2)14-9(3)11(12)6-13/h5,10,16H,4,7H2,1-3H3,(H,14,15)/t10-/m0/s1. The highest BCUT2D eigenvalue weighted by Gasteiger charge is 2.11. The van der Waals surface area contributed by atoms with Gasteiger partial charge in [-0.05, 0) is 26.3 Å². The first-order chi connectivity index (χ1) is 7.62. The number of rotatable bonds is 4. The Bertz CT molecular complexity index is 405. The third-order valence-electron chi connectivity index (χ3n) is 2.51. The fraction of sp³-hybridized carbons (Fsp3) is 0.500. The van der Waals surface area contributed by atoms with Gasteiger partial charge in [0.05, 0.1) is 23.6 Å². The number of aliphatic hydroxyl groups excluding tert-OH is 1. The monoisotopic (exact) mass is 219 g/mol. The van der Waals surface area contributed by atoms with Crippen LogP contribution in [0.2, 0.25) is 0 Å². The van der Waals surface area contributed by atoms with Gasteiger partial charge >= 0.3 is 0 Å². The van der Waals surface area contributed by atoms with Gasteiger partial charge in [-0.25, -0.2) is 0 Å². The van der Waals surface area contributed by atoms with Gasteiger partial charge < -0.3 is 10.4 Å². The molecule has 4 nitrogen and oxygen atoms in total. The summed E-state index contributed by atoms with van der Waals surface area (Å²) in [6.45, 7) is 5.75. The average molecular weight is 219 g/mol. The normalized spacial score (nSPS) is 11.9. The van der Waals surface area contributed by atoms with Gasteiger partial charge in [-0.3, -0.25) is 4.98 Å². The van der Waals surface area contributed by atoms with Crippen LogP contribution in [0.5, 0.6) is 0 Å². The first-order valence-electron chi connectivity index (χ1n) is 5.38. The van der Waals surface area contributed by atoms with E-state index in [-0.39, 0.29) is 12.6 Å². The molecule has 4 heteroatoms. The largest absolute Gasteiger partial charge is 0.394 e. The molecular weight excluding hydrogens is 202 g/mol. The number of aryl methyl sites for hydroxylation is 2. The van der Waals surface area contributed by atoms with Crippen LogP contribution >= 0.6 is 0 Å². The molecule has 1 rings (SSSR count). The summed E-state index contributed by atoms with van der Waals surface area (Å²) < 4.78 is 0. The molecule has 16 heavy (non-hydrogen) atoms. The van der Waals surface area contributed by atoms with E-state index in [0.29, 0.717) is 5.56 Å². The van der Waals surface area contributed by atoms with Crippen molar-refractivity contribution in [3.63, 3.8) is 0 Å². The number of nitrogens with zero attached hydrogens (tertiary/aromatic N) is 2. The number of nitriles is 1. The van der Waals surface area contributed by atoms with E-state index in [0.717, 1.165) is 23.5 Å². The van der Waals surface area contributed by atoms with Crippen molar-refractivity contribution in [2.45, 2.75) is 33.2 Å². The zero-order chi connectivity index (χ0) is 12.1. The Hall–Kier alpha value is -1.60. The Labute approximate surface area is 95.9 Å². The van der Waals surface area contributed by atoms with Crippen LogP contribution in [0.25, 0.3) is 0 Å². The molecule has 2 N–H and O–H groups in total. The van der Waals surface area contributed by atoms with Crippen molar-refractivity contribution in [1.82, 2.24) is 4.98 Å². The fourth-order valence-corrected chi connectivity index (χ4v) is 1.58. The van der Waals surface area contributed by atoms with Crippen LogP contribution in [0.1, 0.15) is 30.3 Å². The lowest BCUT2D eigenvalue weighted by molar-refractivity contribution is 0.272. The highest BCUT2D eigenvalue weighted by molar-refractivity contribution is 5.60. The van der Waals surface area contributed by atoms with E-state index in [4.69, 9.17) is 10.4 Å². The molecule has 0 saturated heterocycles. The molecule has 1 aromatic rings. The summed E-state index contributed by atoms with van der Waals surface area (Å²) in [6, 6.07) is 3.96. The van der Waals surface area contributed by atoms with E-state index in [9.17, 15) is 0 Å². The molecular formula is C12H17N3O. The van der Waals surface area contributed by atoms with E-state index in [1.165, 1.54) is 0 Å². The summed E-state index contributed by atoms with van der Waals surface area (Å²) in [5, 5.41) is 21.4. The summed E-state index contributed by atoms with van der Waals surface area (Å²) in [7, 11) is 0. The molecule has 1 heterocycles. The molecule has 86 valence electrons. The number of anilines is 1. The summed E-state index contributed by atoms with van der Waals surface area (Å²) in [6.07, 6.45) is 0.807. The number of pyridine rings is 1. The zero-order valence-electron chi connectivity index (χ0n) is 9.91. The van der Waals surface area contributed by atoms with Gasteiger partial charge in [0.1, 0.15) is 6.07 Å². The van der Waals surface area contributed by atoms with E-state index in [1.54, 1.807) is 0 Å². The second-order valence-corrected chi connectivity index (χ2v) is 3.82. The summed E-state index contributed by atoms with van der Waals surface area (Å²) in [5.74, 6) is 0. The first kappa shape index (κ1) is 12.5. The molecule has 1 aromatic heterocycles. The number of hydrogen-bond donors (Lipinski definition) is 2. The van der Waals surface area contributed by atoms with Crippen molar-refractivity contribution in [3.8, 4) is 6.07 Å². The predicted octanol–water partition coefficient (Wildman–Crippen LogP) is 1.75. The summed E-state index contributed by atoms with van der Waals surface area (Å²) in [5.41, 5.74) is 2.90. The minimum atomic E-state index is -0.0201. The maximum absolute atomic E-state index is 9.13. The van der Waals surface area contributed by atoms with Gasteiger partial charge in [0, 0.05) is 11.7 Å². The van der Waals surface area contributed by atoms with E-state index >= 15 is 0 Å². The zero-order valence-corrected chi connectivity index (χ0v) is 9.91. The van der Waals surface area contributed by atoms with Crippen molar-refractivity contribution in [3.05, 3.63) is 23.0 Å². The first-order valence-corrected chi connectivity index (χ1v) is 5.38. The topological polar surface area (TPSA) is 68.9 Å². The maximum atomic E-state index is 9.13. The average Bonchev–Trinajstić information content (AvgIpc) is 2.25. The molecule has 1 atom stereocenters. The van der Waals surface area contributed by atoms with Crippen molar-refractivity contribution in [2.24, 2.45) is 0 Å². The van der Waals surface area contributed by atoms with Crippen LogP contribution in [-0.4, -0.2) is 22.7 Å². The van der Waals surface area contributed by atoms with Crippen molar-refractivity contribution < 1.29 is 5.11 Å². The second kappa shape index (κ2) is 5.47. The van der Waals surface area contributed by atoms with Crippen LogP contribution in [0.15, 0.2) is 6.07 Å². The van der Waals surface area contributed by atoms with Gasteiger partial charge in [-0.15, -0.1) is 0 Å². The molecule has 0 aliphatic rings. The molecule has 0 aliphatic heterocycles. The highest BCUT2D eigenvalue weighted by Crippen LogP contribution is 2.19. The Kier molecular flexibility index (Phi) is 4.27. The van der Waals surface area contributed by atoms with Crippen LogP contribution in [0.3, 0.4) is 0 Å². The Morgan fingerprint density at radius 3 is 2.75 bits per heavy atom. The molecule has 0 saturated carbocycles. The van der Waals surface area contributed by atoms with Gasteiger partial charge in [0.2, 0.25) is 0 Å². The lowest BCUT2D eigenvalue weighted by Gasteiger charge is -2.17. The SMILES string of the molecule is CC[C@@H](CO)Nc1cc(C)nc(C)c1C#N. The second-order valence-electron chi connectivity index (χ2n) is 3.82. The maximum Gasteiger partial charge on any atom is 0.103 e. The number of nitrogens with one attached hydrogen (secondary N) is 1. The Morgan fingerprint density at radius 2 is 2.25 bits per heavy atom. The van der Waals surface area contributed by atoms with E-state index < -0.39 is 0 Å².